The summed E-state index contributed by atoms with van der Waals surface area (Å²) >= 11 is 5.92. The van der Waals surface area contributed by atoms with Gasteiger partial charge in [0.15, 0.2) is 5.82 Å². The van der Waals surface area contributed by atoms with Gasteiger partial charge < -0.3 is 14.6 Å². The highest BCUT2D eigenvalue weighted by Gasteiger charge is 2.24. The van der Waals surface area contributed by atoms with E-state index >= 15 is 0 Å². The molecule has 122 valence electrons. The van der Waals surface area contributed by atoms with Crippen molar-refractivity contribution < 1.29 is 14.1 Å². The number of ether oxygens (including phenoxy) is 1. The Balaban J connectivity index is 1.63. The molecule has 1 amide bonds. The quantitative estimate of drug-likeness (QED) is 0.914. The van der Waals surface area contributed by atoms with E-state index in [-0.39, 0.29) is 17.9 Å². The molecule has 2 aromatic rings. The van der Waals surface area contributed by atoms with Crippen molar-refractivity contribution in [2.24, 2.45) is 0 Å². The third-order valence-electron chi connectivity index (χ3n) is 3.65. The molecule has 0 saturated carbocycles. The molecule has 0 spiro atoms. The first-order valence-electron chi connectivity index (χ1n) is 7.30. The van der Waals surface area contributed by atoms with Crippen LogP contribution in [0.4, 0.5) is 0 Å². The van der Waals surface area contributed by atoms with Crippen LogP contribution in [0.25, 0.3) is 0 Å². The smallest absolute Gasteiger partial charge is 0.315 e. The maximum Gasteiger partial charge on any atom is 0.315 e. The summed E-state index contributed by atoms with van der Waals surface area (Å²) in [6, 6.07) is 7.64. The Labute approximate surface area is 138 Å². The van der Waals surface area contributed by atoms with Crippen molar-refractivity contribution >= 4 is 17.5 Å². The molecule has 3 rings (SSSR count). The van der Waals surface area contributed by atoms with Crippen LogP contribution in [0, 0.1) is 0 Å². The number of benzene rings is 1. The van der Waals surface area contributed by atoms with Gasteiger partial charge in [0, 0.05) is 25.2 Å². The summed E-state index contributed by atoms with van der Waals surface area (Å²) in [6.45, 7) is 2.61. The lowest BCUT2D eigenvalue weighted by molar-refractivity contribution is -0.0338. The molecule has 2 heterocycles. The summed E-state index contributed by atoms with van der Waals surface area (Å²) in [5.41, 5.74) is 1.08. The van der Waals surface area contributed by atoms with Gasteiger partial charge in [-0.1, -0.05) is 28.9 Å². The monoisotopic (exact) mass is 336 g/mol. The normalized spacial score (nSPS) is 18.8. The van der Waals surface area contributed by atoms with E-state index < -0.39 is 0 Å². The maximum atomic E-state index is 11.4. The number of carbonyl (C=O) groups excluding carboxylic acids is 1. The van der Waals surface area contributed by atoms with Gasteiger partial charge in [0.25, 0.3) is 0 Å². The highest BCUT2D eigenvalue weighted by Crippen LogP contribution is 2.24. The van der Waals surface area contributed by atoms with E-state index in [1.54, 1.807) is 0 Å². The van der Waals surface area contributed by atoms with Gasteiger partial charge in [-0.05, 0) is 17.7 Å². The van der Waals surface area contributed by atoms with Crippen molar-refractivity contribution in [3.8, 4) is 0 Å². The Hall–Kier alpha value is -1.96. The highest BCUT2D eigenvalue weighted by atomic mass is 35.5. The second kappa shape index (κ2) is 7.08. The molecule has 1 atom stereocenters. The van der Waals surface area contributed by atoms with Crippen LogP contribution in [0.1, 0.15) is 28.2 Å². The Morgan fingerprint density at radius 1 is 1.43 bits per heavy atom. The van der Waals surface area contributed by atoms with Crippen LogP contribution in [-0.4, -0.2) is 47.7 Å². The second-order valence-electron chi connectivity index (χ2n) is 5.24. The molecule has 1 aromatic heterocycles. The van der Waals surface area contributed by atoms with Crippen LogP contribution in [0.2, 0.25) is 5.02 Å². The van der Waals surface area contributed by atoms with Gasteiger partial charge in [-0.3, -0.25) is 9.69 Å². The number of aromatic nitrogens is 2. The zero-order valence-electron chi connectivity index (χ0n) is 12.7. The third-order valence-corrected chi connectivity index (χ3v) is 3.90. The Morgan fingerprint density at radius 3 is 2.96 bits per heavy atom. The number of carbonyl (C=O) groups is 1. The Kier molecular flexibility index (Phi) is 4.90. The van der Waals surface area contributed by atoms with Gasteiger partial charge in [0.05, 0.1) is 19.3 Å². The SMILES string of the molecule is CNC(=O)c1nc(CN2CCO[C@H](c3ccc(Cl)cc3)C2)no1. The molecule has 7 nitrogen and oxygen atoms in total. The summed E-state index contributed by atoms with van der Waals surface area (Å²) in [7, 11) is 1.52. The van der Waals surface area contributed by atoms with Crippen molar-refractivity contribution in [1.29, 1.82) is 0 Å². The molecule has 0 aliphatic carbocycles. The molecule has 23 heavy (non-hydrogen) atoms. The van der Waals surface area contributed by atoms with Crippen molar-refractivity contribution in [3.63, 3.8) is 0 Å². The largest absolute Gasteiger partial charge is 0.371 e. The van der Waals surface area contributed by atoms with Crippen LogP contribution in [0.5, 0.6) is 0 Å². The van der Waals surface area contributed by atoms with Gasteiger partial charge in [-0.2, -0.15) is 4.98 Å². The number of halogens is 1. The number of rotatable bonds is 4. The third kappa shape index (κ3) is 3.87. The van der Waals surface area contributed by atoms with Crippen molar-refractivity contribution in [3.05, 3.63) is 46.6 Å². The first-order chi connectivity index (χ1) is 11.2. The van der Waals surface area contributed by atoms with E-state index in [1.807, 2.05) is 24.3 Å². The molecule has 0 unspecified atom stereocenters. The molecule has 1 aliphatic rings. The van der Waals surface area contributed by atoms with E-state index in [2.05, 4.69) is 20.4 Å². The number of hydrogen-bond acceptors (Lipinski definition) is 6. The lowest BCUT2D eigenvalue weighted by atomic mass is 10.1. The lowest BCUT2D eigenvalue weighted by Gasteiger charge is -2.32. The topological polar surface area (TPSA) is 80.5 Å². The molecule has 1 saturated heterocycles. The molecule has 1 aromatic carbocycles. The number of nitrogens with zero attached hydrogens (tertiary/aromatic N) is 3. The molecule has 0 bridgehead atoms. The summed E-state index contributed by atoms with van der Waals surface area (Å²) in [5.74, 6) is 0.0788. The van der Waals surface area contributed by atoms with E-state index in [0.29, 0.717) is 30.5 Å². The summed E-state index contributed by atoms with van der Waals surface area (Å²) in [6.07, 6.45) is -0.0219. The number of nitrogens with one attached hydrogen (secondary N) is 1. The van der Waals surface area contributed by atoms with E-state index in [4.69, 9.17) is 20.9 Å². The van der Waals surface area contributed by atoms with Crippen LogP contribution in [0.15, 0.2) is 28.8 Å². The molecular formula is C15H17ClN4O3. The van der Waals surface area contributed by atoms with E-state index in [9.17, 15) is 4.79 Å². The minimum Gasteiger partial charge on any atom is -0.371 e. The van der Waals surface area contributed by atoms with Gasteiger partial charge in [0.2, 0.25) is 0 Å². The summed E-state index contributed by atoms with van der Waals surface area (Å²) < 4.78 is 10.8. The van der Waals surface area contributed by atoms with Crippen molar-refractivity contribution in [2.75, 3.05) is 26.7 Å². The molecular weight excluding hydrogens is 320 g/mol. The number of morpholine rings is 1. The Bertz CT molecular complexity index is 674. The van der Waals surface area contributed by atoms with Crippen LogP contribution < -0.4 is 5.32 Å². The fourth-order valence-electron chi connectivity index (χ4n) is 2.44. The van der Waals surface area contributed by atoms with Crippen LogP contribution >= 0.6 is 11.6 Å². The zero-order chi connectivity index (χ0) is 16.2. The summed E-state index contributed by atoms with van der Waals surface area (Å²) in [4.78, 5) is 17.7. The van der Waals surface area contributed by atoms with Crippen LogP contribution in [-0.2, 0) is 11.3 Å². The summed E-state index contributed by atoms with van der Waals surface area (Å²) in [5, 5.41) is 7.00. The first-order valence-corrected chi connectivity index (χ1v) is 7.67. The fourth-order valence-corrected chi connectivity index (χ4v) is 2.57. The van der Waals surface area contributed by atoms with E-state index in [0.717, 1.165) is 12.1 Å². The average Bonchev–Trinajstić information content (AvgIpc) is 3.03. The lowest BCUT2D eigenvalue weighted by Crippen LogP contribution is -2.38. The van der Waals surface area contributed by atoms with Crippen molar-refractivity contribution in [1.82, 2.24) is 20.4 Å². The predicted octanol–water partition coefficient (Wildman–Crippen LogP) is 1.66. The molecule has 0 radical (unpaired) electrons. The van der Waals surface area contributed by atoms with Gasteiger partial charge in [-0.15, -0.1) is 0 Å². The average molecular weight is 337 g/mol. The number of hydrogen-bond donors (Lipinski definition) is 1. The van der Waals surface area contributed by atoms with Gasteiger partial charge >= 0.3 is 11.8 Å². The van der Waals surface area contributed by atoms with Gasteiger partial charge in [-0.25, -0.2) is 0 Å². The molecule has 1 aliphatic heterocycles. The molecule has 1 N–H and O–H groups in total. The zero-order valence-corrected chi connectivity index (χ0v) is 13.4. The van der Waals surface area contributed by atoms with Crippen molar-refractivity contribution in [2.45, 2.75) is 12.6 Å². The van der Waals surface area contributed by atoms with Gasteiger partial charge in [0.1, 0.15) is 0 Å². The number of amides is 1. The minimum atomic E-state index is -0.384. The second-order valence-corrected chi connectivity index (χ2v) is 5.68. The van der Waals surface area contributed by atoms with Crippen LogP contribution in [0.3, 0.4) is 0 Å². The maximum absolute atomic E-state index is 11.4. The Morgan fingerprint density at radius 2 is 2.22 bits per heavy atom. The standard InChI is InChI=1S/C15H17ClN4O3/c1-17-14(21)15-18-13(19-23-15)9-20-6-7-22-12(8-20)10-2-4-11(16)5-3-10/h2-5,12H,6-9H2,1H3,(H,17,21)/t12-/m0/s1. The minimum absolute atomic E-state index is 0.0219. The highest BCUT2D eigenvalue weighted by molar-refractivity contribution is 6.30. The fraction of sp³-hybridized carbons (Fsp3) is 0.400. The molecule has 1 fully saturated rings. The molecule has 8 heteroatoms. The predicted molar refractivity (Wildman–Crippen MR) is 83.1 cm³/mol. The van der Waals surface area contributed by atoms with E-state index in [1.165, 1.54) is 7.05 Å². The first kappa shape index (κ1) is 15.9.